The quantitative estimate of drug-likeness (QED) is 0.173. The minimum Gasteiger partial charge on any atom is -0.398 e. The Morgan fingerprint density at radius 2 is 1.31 bits per heavy atom. The number of hydrogen-bond donors (Lipinski definition) is 1. The molecule has 0 aliphatic carbocycles. The number of aromatic nitrogens is 1. The van der Waals surface area contributed by atoms with Crippen LogP contribution < -0.4 is 10.6 Å². The van der Waals surface area contributed by atoms with Gasteiger partial charge in [-0.25, -0.2) is 0 Å². The van der Waals surface area contributed by atoms with Crippen LogP contribution in [0.4, 0.5) is 11.4 Å². The molecular weight excluding hydrogens is 621 g/mol. The molecule has 0 radical (unpaired) electrons. The van der Waals surface area contributed by atoms with Gasteiger partial charge in [0, 0.05) is 40.0 Å². The van der Waals surface area contributed by atoms with E-state index in [0.29, 0.717) is 12.4 Å². The fraction of sp³-hybridized carbons (Fsp3) is 0.0426. The molecule has 0 unspecified atom stereocenters. The van der Waals surface area contributed by atoms with Crippen molar-refractivity contribution in [1.82, 2.24) is 4.57 Å². The Balaban J connectivity index is 1.24. The van der Waals surface area contributed by atoms with Gasteiger partial charge in [0.15, 0.2) is 0 Å². The number of hydrogen-bond acceptors (Lipinski definition) is 3. The molecule has 4 heteroatoms. The predicted molar refractivity (Wildman–Crippen MR) is 217 cm³/mol. The molecule has 1 aliphatic rings. The Bertz CT molecular complexity index is 2480. The van der Waals surface area contributed by atoms with E-state index in [0.717, 1.165) is 68.1 Å². The third-order valence-corrected chi connectivity index (χ3v) is 9.49. The maximum Gasteiger partial charge on any atom is 0.115 e. The molecule has 6 aromatic carbocycles. The van der Waals surface area contributed by atoms with Crippen LogP contribution in [0, 0.1) is 0 Å². The van der Waals surface area contributed by atoms with Crippen molar-refractivity contribution in [2.75, 3.05) is 11.4 Å². The third kappa shape index (κ3) is 6.43. The van der Waals surface area contributed by atoms with Gasteiger partial charge in [0.25, 0.3) is 0 Å². The summed E-state index contributed by atoms with van der Waals surface area (Å²) in [6, 6.07) is 52.9. The summed E-state index contributed by atoms with van der Waals surface area (Å²) in [5, 5.41) is 2.40. The minimum absolute atomic E-state index is 0.432. The summed E-state index contributed by atoms with van der Waals surface area (Å²) >= 11 is 0. The number of aliphatic imine (C=N–C) groups is 1. The second-order valence-corrected chi connectivity index (χ2v) is 12.7. The molecule has 246 valence electrons. The lowest BCUT2D eigenvalue weighted by Gasteiger charge is -2.27. The molecule has 8 rings (SSSR count). The minimum atomic E-state index is 0.432. The lowest BCUT2D eigenvalue weighted by Crippen LogP contribution is -2.18. The van der Waals surface area contributed by atoms with Gasteiger partial charge in [-0.15, -0.1) is 0 Å². The smallest absolute Gasteiger partial charge is 0.115 e. The number of fused-ring (bicyclic) bond motifs is 4. The fourth-order valence-corrected chi connectivity index (χ4v) is 6.88. The highest BCUT2D eigenvalue weighted by Crippen LogP contribution is 2.38. The molecular formula is C47H38N4. The van der Waals surface area contributed by atoms with Crippen molar-refractivity contribution in [1.29, 1.82) is 0 Å². The molecule has 0 atom stereocenters. The van der Waals surface area contributed by atoms with E-state index >= 15 is 0 Å². The lowest BCUT2D eigenvalue weighted by atomic mass is 9.96. The van der Waals surface area contributed by atoms with Crippen molar-refractivity contribution in [3.8, 4) is 11.1 Å². The third-order valence-electron chi connectivity index (χ3n) is 9.49. The van der Waals surface area contributed by atoms with E-state index in [2.05, 4.69) is 143 Å². The van der Waals surface area contributed by atoms with Crippen molar-refractivity contribution in [3.63, 3.8) is 0 Å². The van der Waals surface area contributed by atoms with E-state index in [-0.39, 0.29) is 0 Å². The summed E-state index contributed by atoms with van der Waals surface area (Å²) in [5.74, 6) is 0. The number of nitrogens with two attached hydrogens (primary N) is 1. The highest BCUT2D eigenvalue weighted by atomic mass is 15.1. The first kappa shape index (κ1) is 31.6. The Morgan fingerprint density at radius 1 is 0.667 bits per heavy atom. The number of anilines is 2. The summed E-state index contributed by atoms with van der Waals surface area (Å²) in [4.78, 5) is 7.57. The first-order valence-corrected chi connectivity index (χ1v) is 17.3. The summed E-state index contributed by atoms with van der Waals surface area (Å²) < 4.78 is 2.31. The van der Waals surface area contributed by atoms with Crippen LogP contribution in [0.2, 0.25) is 0 Å². The number of allylic oxidation sites excluding steroid dienone is 5. The van der Waals surface area contributed by atoms with Crippen LogP contribution >= 0.6 is 0 Å². The Kier molecular flexibility index (Phi) is 8.72. The summed E-state index contributed by atoms with van der Waals surface area (Å²) in [6.45, 7) is 5.67. The molecule has 7 aromatic rings. The van der Waals surface area contributed by atoms with Crippen LogP contribution in [0.3, 0.4) is 0 Å². The van der Waals surface area contributed by atoms with E-state index < -0.39 is 0 Å². The zero-order valence-corrected chi connectivity index (χ0v) is 28.4. The molecule has 4 nitrogen and oxygen atoms in total. The first-order chi connectivity index (χ1) is 25.1. The average molecular weight is 659 g/mol. The van der Waals surface area contributed by atoms with E-state index in [1.54, 1.807) is 0 Å². The predicted octanol–water partition coefficient (Wildman–Crippen LogP) is 11.2. The largest absolute Gasteiger partial charge is 0.398 e. The molecule has 0 saturated carbocycles. The maximum atomic E-state index is 6.63. The Morgan fingerprint density at radius 3 is 2.10 bits per heavy atom. The molecule has 1 aromatic heterocycles. The molecule has 0 bridgehead atoms. The zero-order chi connectivity index (χ0) is 34.6. The van der Waals surface area contributed by atoms with Crippen molar-refractivity contribution in [2.24, 2.45) is 10.7 Å². The monoisotopic (exact) mass is 658 g/mol. The first-order valence-electron chi connectivity index (χ1n) is 17.3. The molecule has 51 heavy (non-hydrogen) atoms. The Hall–Kier alpha value is -6.65. The summed E-state index contributed by atoms with van der Waals surface area (Å²) in [6.07, 6.45) is 10.4. The van der Waals surface area contributed by atoms with Crippen LogP contribution in [-0.2, 0) is 6.67 Å². The number of benzene rings is 6. The van der Waals surface area contributed by atoms with E-state index in [9.17, 15) is 0 Å². The normalized spacial score (nSPS) is 14.9. The summed E-state index contributed by atoms with van der Waals surface area (Å²) in [5.41, 5.74) is 19.0. The molecule has 1 aliphatic heterocycles. The van der Waals surface area contributed by atoms with Gasteiger partial charge in [-0.3, -0.25) is 4.99 Å². The van der Waals surface area contributed by atoms with Gasteiger partial charge < -0.3 is 15.2 Å². The molecule has 0 fully saturated rings. The fourth-order valence-electron chi connectivity index (χ4n) is 6.88. The van der Waals surface area contributed by atoms with Gasteiger partial charge in [0.1, 0.15) is 6.67 Å². The van der Waals surface area contributed by atoms with E-state index in [1.807, 2.05) is 54.6 Å². The lowest BCUT2D eigenvalue weighted by molar-refractivity contribution is 0.793. The van der Waals surface area contributed by atoms with Gasteiger partial charge >= 0.3 is 0 Å². The van der Waals surface area contributed by atoms with Crippen LogP contribution in [-0.4, -0.2) is 16.8 Å². The van der Waals surface area contributed by atoms with E-state index in [4.69, 9.17) is 10.7 Å². The second-order valence-electron chi connectivity index (χ2n) is 12.7. The summed E-state index contributed by atoms with van der Waals surface area (Å²) in [7, 11) is 0. The molecule has 0 spiro atoms. The van der Waals surface area contributed by atoms with E-state index in [1.165, 1.54) is 10.8 Å². The Labute approximate surface area is 299 Å². The zero-order valence-electron chi connectivity index (χ0n) is 28.4. The van der Waals surface area contributed by atoms with Crippen molar-refractivity contribution in [2.45, 2.75) is 6.67 Å². The average Bonchev–Trinajstić information content (AvgIpc) is 3.54. The van der Waals surface area contributed by atoms with Crippen LogP contribution in [0.15, 0.2) is 194 Å². The molecule has 2 heterocycles. The number of rotatable bonds is 7. The van der Waals surface area contributed by atoms with Crippen molar-refractivity contribution >= 4 is 50.2 Å². The van der Waals surface area contributed by atoms with Crippen molar-refractivity contribution < 1.29 is 0 Å². The van der Waals surface area contributed by atoms with Crippen LogP contribution in [0.5, 0.6) is 0 Å². The number of para-hydroxylation sites is 2. The number of nitrogens with zero attached hydrogens (tertiary/aromatic N) is 3. The van der Waals surface area contributed by atoms with Crippen LogP contribution in [0.1, 0.15) is 16.7 Å². The standard InChI is InChI=1S/C47H38N4/c1-34-16-6-5-15-29-50(39-21-11-4-12-22-39)46-28-26-37(30-42(34)46)38-25-27-41-40-23-13-14-24-45(40)51(47(41)31-38)33-49-44(36-19-9-3-10-20-36)32-43(48)35-17-7-2-8-18-35/h2-28,30-32H,1,29,33,48H2/b15-5-,16-6-,43-32-,49-44?. The van der Waals surface area contributed by atoms with Gasteiger partial charge in [-0.05, 0) is 70.3 Å². The van der Waals surface area contributed by atoms with Gasteiger partial charge in [-0.1, -0.05) is 146 Å². The highest BCUT2D eigenvalue weighted by molar-refractivity contribution is 6.12. The maximum absolute atomic E-state index is 6.63. The van der Waals surface area contributed by atoms with Crippen LogP contribution in [0.25, 0.3) is 44.2 Å². The highest BCUT2D eigenvalue weighted by Gasteiger charge is 2.17. The van der Waals surface area contributed by atoms with Gasteiger partial charge in [0.2, 0.25) is 0 Å². The van der Waals surface area contributed by atoms with Crippen molar-refractivity contribution in [3.05, 3.63) is 205 Å². The topological polar surface area (TPSA) is 46.5 Å². The molecule has 0 amide bonds. The molecule has 0 saturated heterocycles. The van der Waals surface area contributed by atoms with Gasteiger partial charge in [-0.2, -0.15) is 0 Å². The SMILES string of the molecule is C=C1/C=C\C=C/CN(c2ccccc2)c2ccc(-c3ccc4c5ccccc5n(CN=C(/C=C(\N)c5ccccc5)c5ccccc5)c4c3)cc21. The molecule has 2 N–H and O–H groups in total. The van der Waals surface area contributed by atoms with Gasteiger partial charge in [0.05, 0.1) is 16.7 Å². The second kappa shape index (κ2) is 14.1.